The number of methoxy groups -OCH3 is 1. The fourth-order valence-corrected chi connectivity index (χ4v) is 5.53. The number of benzene rings is 2. The van der Waals surface area contributed by atoms with Crippen LogP contribution in [0.25, 0.3) is 0 Å². The van der Waals surface area contributed by atoms with Crippen molar-refractivity contribution in [3.05, 3.63) is 63.2 Å². The monoisotopic (exact) mass is 557 g/mol. The van der Waals surface area contributed by atoms with Crippen LogP contribution in [-0.2, 0) is 19.6 Å². The molecule has 0 aliphatic carbocycles. The Bertz CT molecular complexity index is 1010. The smallest absolute Gasteiger partial charge is 0.310 e. The minimum atomic E-state index is -4.02. The summed E-state index contributed by atoms with van der Waals surface area (Å²) in [5.41, 5.74) is 2.24. The van der Waals surface area contributed by atoms with Crippen molar-refractivity contribution < 1.29 is 22.5 Å². The van der Waals surface area contributed by atoms with Gasteiger partial charge in [-0.05, 0) is 85.7 Å². The Morgan fingerprint density at radius 3 is 2.26 bits per heavy atom. The minimum absolute atomic E-state index is 0.0242. The maximum atomic E-state index is 12.3. The van der Waals surface area contributed by atoms with E-state index in [-0.39, 0.29) is 16.8 Å². The number of fused-ring (bicyclic) bond motifs is 2. The highest BCUT2D eigenvalue weighted by atomic mass is 127. The number of ether oxygens (including phenoxy) is 1. The molecular formula is C23H28INO5S. The van der Waals surface area contributed by atoms with Gasteiger partial charge in [-0.1, -0.05) is 29.8 Å². The molecule has 4 rings (SSSR count). The molecule has 0 amide bonds. The summed E-state index contributed by atoms with van der Waals surface area (Å²) in [6.07, 6.45) is 3.38. The number of hydrogen-bond acceptors (Lipinski definition) is 5. The first-order chi connectivity index (χ1) is 14.6. The lowest BCUT2D eigenvalue weighted by atomic mass is 9.76. The van der Waals surface area contributed by atoms with Crippen molar-refractivity contribution in [3.63, 3.8) is 0 Å². The van der Waals surface area contributed by atoms with Crippen molar-refractivity contribution in [3.8, 4) is 0 Å². The van der Waals surface area contributed by atoms with Gasteiger partial charge in [0.1, 0.15) is 0 Å². The summed E-state index contributed by atoms with van der Waals surface area (Å²) in [7, 11) is -0.356. The number of halogens is 1. The van der Waals surface area contributed by atoms with Crippen LogP contribution in [0, 0.1) is 16.4 Å². The lowest BCUT2D eigenvalue weighted by Crippen LogP contribution is -2.49. The minimum Gasteiger partial charge on any atom is -0.469 e. The third-order valence-electron chi connectivity index (χ3n) is 6.36. The average molecular weight is 557 g/mol. The van der Waals surface area contributed by atoms with Gasteiger partial charge in [-0.3, -0.25) is 14.2 Å². The van der Waals surface area contributed by atoms with Crippen LogP contribution in [0.2, 0.25) is 0 Å². The summed E-state index contributed by atoms with van der Waals surface area (Å²) in [5, 5.41) is 0. The molecule has 2 aliphatic heterocycles. The number of carbonyl (C=O) groups excluding carboxylic acids is 1. The Morgan fingerprint density at radius 2 is 1.71 bits per heavy atom. The molecule has 2 aliphatic rings. The van der Waals surface area contributed by atoms with Gasteiger partial charge in [-0.2, -0.15) is 8.42 Å². The number of carbonyl (C=O) groups is 1. The molecule has 0 saturated carbocycles. The topological polar surface area (TPSA) is 83.9 Å². The standard InChI is InChI=1S/C16H20INO2.C7H8O3S/c1-18-12-7-8-14(18)15(16(19)20-2)13(9-12)10-3-5-11(17)6-4-10;1-6-2-4-7(5-3-6)11(8,9)10/h3-6,12-15H,7-9H2,1-2H3;2-5H,1H3,(H,8,9,10)/t12?,13-,14?,15-;/m0./s1. The van der Waals surface area contributed by atoms with Gasteiger partial charge in [0.15, 0.2) is 0 Å². The largest absolute Gasteiger partial charge is 0.469 e. The van der Waals surface area contributed by atoms with E-state index in [0.717, 1.165) is 18.4 Å². The maximum absolute atomic E-state index is 12.3. The number of aryl methyl sites for hydroxylation is 1. The molecule has 0 radical (unpaired) electrons. The number of piperidine rings is 1. The second kappa shape index (κ2) is 9.97. The van der Waals surface area contributed by atoms with Crippen LogP contribution in [0.15, 0.2) is 53.4 Å². The van der Waals surface area contributed by atoms with E-state index in [2.05, 4.69) is 58.8 Å². The first kappa shape index (κ1) is 24.2. The molecule has 4 atom stereocenters. The zero-order chi connectivity index (χ0) is 22.8. The second-order valence-electron chi connectivity index (χ2n) is 8.19. The molecule has 168 valence electrons. The van der Waals surface area contributed by atoms with Gasteiger partial charge < -0.3 is 4.74 Å². The highest BCUT2D eigenvalue weighted by molar-refractivity contribution is 14.1. The number of esters is 1. The summed E-state index contributed by atoms with van der Waals surface area (Å²) in [4.78, 5) is 14.6. The van der Waals surface area contributed by atoms with Crippen LogP contribution in [0.3, 0.4) is 0 Å². The van der Waals surface area contributed by atoms with Crippen molar-refractivity contribution in [1.29, 1.82) is 0 Å². The van der Waals surface area contributed by atoms with Crippen LogP contribution in [0.5, 0.6) is 0 Å². The molecule has 0 aromatic heterocycles. The molecule has 0 spiro atoms. The van der Waals surface area contributed by atoms with E-state index in [1.165, 1.54) is 34.8 Å². The van der Waals surface area contributed by atoms with Crippen molar-refractivity contribution in [2.45, 2.75) is 49.1 Å². The third kappa shape index (κ3) is 5.66. The average Bonchev–Trinajstić information content (AvgIpc) is 2.96. The van der Waals surface area contributed by atoms with Crippen molar-refractivity contribution >= 4 is 38.7 Å². The predicted molar refractivity (Wildman–Crippen MR) is 128 cm³/mol. The molecule has 2 unspecified atom stereocenters. The van der Waals surface area contributed by atoms with E-state index in [4.69, 9.17) is 9.29 Å². The quantitative estimate of drug-likeness (QED) is 0.345. The molecule has 6 nitrogen and oxygen atoms in total. The third-order valence-corrected chi connectivity index (χ3v) is 7.95. The normalized spacial score (nSPS) is 25.5. The fourth-order valence-electron chi connectivity index (χ4n) is 4.69. The Morgan fingerprint density at radius 1 is 1.10 bits per heavy atom. The predicted octanol–water partition coefficient (Wildman–Crippen LogP) is 4.27. The molecule has 2 aromatic rings. The highest BCUT2D eigenvalue weighted by Gasteiger charge is 2.49. The van der Waals surface area contributed by atoms with Gasteiger partial charge in [0.05, 0.1) is 17.9 Å². The van der Waals surface area contributed by atoms with Crippen LogP contribution >= 0.6 is 22.6 Å². The summed E-state index contributed by atoms with van der Waals surface area (Å²) in [6.45, 7) is 1.84. The van der Waals surface area contributed by atoms with E-state index in [1.807, 2.05) is 6.92 Å². The van der Waals surface area contributed by atoms with E-state index < -0.39 is 10.1 Å². The van der Waals surface area contributed by atoms with Gasteiger partial charge >= 0.3 is 5.97 Å². The van der Waals surface area contributed by atoms with E-state index >= 15 is 0 Å². The fraction of sp³-hybridized carbons (Fsp3) is 0.435. The Hall–Kier alpha value is -1.49. The van der Waals surface area contributed by atoms with Gasteiger partial charge in [0.25, 0.3) is 10.1 Å². The van der Waals surface area contributed by atoms with Gasteiger partial charge in [-0.25, -0.2) is 0 Å². The van der Waals surface area contributed by atoms with E-state index in [1.54, 1.807) is 12.1 Å². The molecule has 8 heteroatoms. The molecule has 2 fully saturated rings. The summed E-state index contributed by atoms with van der Waals surface area (Å²) < 4.78 is 35.9. The van der Waals surface area contributed by atoms with Gasteiger partial charge in [0.2, 0.25) is 0 Å². The summed E-state index contributed by atoms with van der Waals surface area (Å²) in [5.74, 6) is 0.225. The lowest BCUT2D eigenvalue weighted by Gasteiger charge is -2.41. The Labute approximate surface area is 197 Å². The zero-order valence-corrected chi connectivity index (χ0v) is 20.8. The Balaban J connectivity index is 0.000000210. The van der Waals surface area contributed by atoms with Crippen LogP contribution in [0.4, 0.5) is 0 Å². The molecule has 2 heterocycles. The molecule has 1 N–H and O–H groups in total. The lowest BCUT2D eigenvalue weighted by molar-refractivity contribution is -0.150. The summed E-state index contributed by atoms with van der Waals surface area (Å²) in [6, 6.07) is 15.5. The number of hydrogen-bond donors (Lipinski definition) is 1. The van der Waals surface area contributed by atoms with Gasteiger partial charge in [0, 0.05) is 21.6 Å². The first-order valence-electron chi connectivity index (χ1n) is 10.2. The van der Waals surface area contributed by atoms with E-state index in [0.29, 0.717) is 18.0 Å². The zero-order valence-electron chi connectivity index (χ0n) is 17.9. The maximum Gasteiger partial charge on any atom is 0.310 e. The number of rotatable bonds is 3. The SMILES string of the molecule is COC(=O)[C@@H]1C2CCC(C[C@H]1c1ccc(I)cc1)N2C.Cc1ccc(S(=O)(=O)O)cc1. The summed E-state index contributed by atoms with van der Waals surface area (Å²) >= 11 is 2.32. The molecule has 31 heavy (non-hydrogen) atoms. The Kier molecular flexibility index (Phi) is 7.77. The highest BCUT2D eigenvalue weighted by Crippen LogP contribution is 2.46. The molecule has 2 aromatic carbocycles. The van der Waals surface area contributed by atoms with Crippen LogP contribution in [-0.4, -0.2) is 50.1 Å². The van der Waals surface area contributed by atoms with E-state index in [9.17, 15) is 13.2 Å². The second-order valence-corrected chi connectivity index (χ2v) is 10.9. The van der Waals surface area contributed by atoms with Crippen molar-refractivity contribution in [1.82, 2.24) is 4.90 Å². The molecule has 2 saturated heterocycles. The van der Waals surface area contributed by atoms with Crippen LogP contribution < -0.4 is 0 Å². The first-order valence-corrected chi connectivity index (χ1v) is 12.7. The molecule has 2 bridgehead atoms. The number of nitrogens with zero attached hydrogens (tertiary/aromatic N) is 1. The van der Waals surface area contributed by atoms with Crippen LogP contribution in [0.1, 0.15) is 36.3 Å². The molecular weight excluding hydrogens is 529 g/mol. The van der Waals surface area contributed by atoms with Crippen molar-refractivity contribution in [2.24, 2.45) is 5.92 Å². The van der Waals surface area contributed by atoms with Gasteiger partial charge in [-0.15, -0.1) is 0 Å². The van der Waals surface area contributed by atoms with Crippen molar-refractivity contribution in [2.75, 3.05) is 14.2 Å².